The highest BCUT2D eigenvalue weighted by Gasteiger charge is 2.36. The van der Waals surface area contributed by atoms with E-state index in [1.165, 1.54) is 18.2 Å². The summed E-state index contributed by atoms with van der Waals surface area (Å²) in [5, 5.41) is 4.61. The second-order valence-electron chi connectivity index (χ2n) is 5.94. The number of carbonyl (C=O) groups excluding carboxylic acids is 1. The lowest BCUT2D eigenvalue weighted by Gasteiger charge is -2.19. The van der Waals surface area contributed by atoms with Crippen molar-refractivity contribution < 1.29 is 13.2 Å². The van der Waals surface area contributed by atoms with Crippen molar-refractivity contribution in [2.24, 2.45) is 0 Å². The van der Waals surface area contributed by atoms with Gasteiger partial charge in [-0.05, 0) is 29.7 Å². The quantitative estimate of drug-likeness (QED) is 0.625. The molecule has 0 radical (unpaired) electrons. The molecule has 1 aliphatic heterocycles. The highest BCUT2D eigenvalue weighted by molar-refractivity contribution is 7.93. The van der Waals surface area contributed by atoms with Gasteiger partial charge in [-0.1, -0.05) is 59.1 Å². The van der Waals surface area contributed by atoms with E-state index in [4.69, 9.17) is 34.8 Å². The SMILES string of the molecule is O=C(CN1c2cccc3cccc(c23)S1(=O)=O)Nc1c(Cl)cc(Cl)cc1Cl. The number of halogens is 3. The Hall–Kier alpha value is -1.99. The summed E-state index contributed by atoms with van der Waals surface area (Å²) in [6.45, 7) is -0.411. The number of carbonyl (C=O) groups is 1. The molecule has 1 heterocycles. The molecule has 0 fully saturated rings. The van der Waals surface area contributed by atoms with Crippen molar-refractivity contribution in [1.29, 1.82) is 0 Å². The second-order valence-corrected chi connectivity index (χ2v) is 9.02. The van der Waals surface area contributed by atoms with Gasteiger partial charge in [0.2, 0.25) is 5.91 Å². The van der Waals surface area contributed by atoms with Crippen LogP contribution in [-0.2, 0) is 14.8 Å². The van der Waals surface area contributed by atoms with Crippen molar-refractivity contribution in [2.75, 3.05) is 16.2 Å². The Morgan fingerprint density at radius 2 is 1.63 bits per heavy atom. The van der Waals surface area contributed by atoms with Crippen molar-refractivity contribution in [3.05, 3.63) is 63.6 Å². The molecule has 1 N–H and O–H groups in total. The Morgan fingerprint density at radius 1 is 1.00 bits per heavy atom. The molecular formula is C18H11Cl3N2O3S. The Labute approximate surface area is 170 Å². The molecule has 0 bridgehead atoms. The van der Waals surface area contributed by atoms with Crippen LogP contribution in [0, 0.1) is 0 Å². The maximum absolute atomic E-state index is 12.9. The fourth-order valence-electron chi connectivity index (χ4n) is 3.10. The summed E-state index contributed by atoms with van der Waals surface area (Å²) >= 11 is 18.0. The van der Waals surface area contributed by atoms with Gasteiger partial charge in [-0.25, -0.2) is 8.42 Å². The fraction of sp³-hybridized carbons (Fsp3) is 0.0556. The lowest BCUT2D eigenvalue weighted by atomic mass is 10.1. The average molecular weight is 442 g/mol. The van der Waals surface area contributed by atoms with Crippen molar-refractivity contribution in [3.63, 3.8) is 0 Å². The Kier molecular flexibility index (Phi) is 4.47. The number of hydrogen-bond acceptors (Lipinski definition) is 3. The van der Waals surface area contributed by atoms with E-state index in [2.05, 4.69) is 5.32 Å². The predicted molar refractivity (Wildman–Crippen MR) is 109 cm³/mol. The van der Waals surface area contributed by atoms with Gasteiger partial charge < -0.3 is 5.32 Å². The molecule has 0 unspecified atom stereocenters. The lowest BCUT2D eigenvalue weighted by molar-refractivity contribution is -0.114. The first kappa shape index (κ1) is 18.4. The monoisotopic (exact) mass is 440 g/mol. The van der Waals surface area contributed by atoms with Gasteiger partial charge in [0.15, 0.2) is 0 Å². The number of nitrogens with zero attached hydrogens (tertiary/aromatic N) is 1. The second kappa shape index (κ2) is 6.56. The molecule has 3 aromatic carbocycles. The molecule has 0 saturated heterocycles. The van der Waals surface area contributed by atoms with Crippen molar-refractivity contribution >= 4 is 72.9 Å². The normalized spacial score (nSPS) is 14.6. The summed E-state index contributed by atoms with van der Waals surface area (Å²) in [4.78, 5) is 12.7. The zero-order valence-corrected chi connectivity index (χ0v) is 16.6. The first-order valence-corrected chi connectivity index (χ1v) is 10.4. The molecular weight excluding hydrogens is 431 g/mol. The minimum Gasteiger partial charge on any atom is -0.322 e. The standard InChI is InChI=1S/C18H11Cl3N2O3S/c19-11-7-12(20)18(13(21)8-11)22-16(24)9-23-14-5-1-3-10-4-2-6-15(17(10)14)27(23,25)26/h1-8H,9H2,(H,22,24). The van der Waals surface area contributed by atoms with E-state index in [0.717, 1.165) is 9.69 Å². The van der Waals surface area contributed by atoms with Gasteiger partial charge in [0, 0.05) is 10.4 Å². The molecule has 3 aromatic rings. The Morgan fingerprint density at radius 3 is 2.30 bits per heavy atom. The third kappa shape index (κ3) is 3.02. The molecule has 9 heteroatoms. The van der Waals surface area contributed by atoms with E-state index in [9.17, 15) is 13.2 Å². The summed E-state index contributed by atoms with van der Waals surface area (Å²) in [7, 11) is -3.83. The van der Waals surface area contributed by atoms with Crippen LogP contribution in [0.3, 0.4) is 0 Å². The molecule has 0 saturated carbocycles. The Balaban J connectivity index is 1.68. The maximum atomic E-state index is 12.9. The predicted octanol–water partition coefficient (Wildman–Crippen LogP) is 4.95. The van der Waals surface area contributed by atoms with E-state index >= 15 is 0 Å². The van der Waals surface area contributed by atoms with Crippen LogP contribution in [0.5, 0.6) is 0 Å². The van der Waals surface area contributed by atoms with Crippen LogP contribution < -0.4 is 9.62 Å². The summed E-state index contributed by atoms with van der Waals surface area (Å²) in [5.41, 5.74) is 0.645. The molecule has 1 amide bonds. The van der Waals surface area contributed by atoms with E-state index in [1.807, 2.05) is 12.1 Å². The van der Waals surface area contributed by atoms with Gasteiger partial charge in [-0.15, -0.1) is 0 Å². The molecule has 0 aromatic heterocycles. The fourth-order valence-corrected chi connectivity index (χ4v) is 5.68. The highest BCUT2D eigenvalue weighted by atomic mass is 35.5. The number of amides is 1. The van der Waals surface area contributed by atoms with Crippen LogP contribution in [0.25, 0.3) is 10.8 Å². The van der Waals surface area contributed by atoms with Gasteiger partial charge in [-0.3, -0.25) is 9.10 Å². The van der Waals surface area contributed by atoms with Gasteiger partial charge >= 0.3 is 0 Å². The van der Waals surface area contributed by atoms with Crippen LogP contribution >= 0.6 is 34.8 Å². The first-order chi connectivity index (χ1) is 12.8. The van der Waals surface area contributed by atoms with Crippen LogP contribution in [-0.4, -0.2) is 20.9 Å². The highest BCUT2D eigenvalue weighted by Crippen LogP contribution is 2.42. The van der Waals surface area contributed by atoms with Crippen LogP contribution in [0.4, 0.5) is 11.4 Å². The third-order valence-corrected chi connectivity index (χ3v) is 6.86. The third-order valence-electron chi connectivity index (χ3n) is 4.24. The number of rotatable bonds is 3. The summed E-state index contributed by atoms with van der Waals surface area (Å²) < 4.78 is 26.9. The molecule has 1 aliphatic rings. The van der Waals surface area contributed by atoms with Gasteiger partial charge in [-0.2, -0.15) is 0 Å². The van der Waals surface area contributed by atoms with E-state index in [-0.39, 0.29) is 20.6 Å². The van der Waals surface area contributed by atoms with Crippen LogP contribution in [0.15, 0.2) is 53.4 Å². The zero-order valence-electron chi connectivity index (χ0n) is 13.5. The molecule has 4 rings (SSSR count). The maximum Gasteiger partial charge on any atom is 0.265 e. The van der Waals surface area contributed by atoms with E-state index in [1.54, 1.807) is 18.2 Å². The summed E-state index contributed by atoms with van der Waals surface area (Å²) in [5.74, 6) is -0.575. The van der Waals surface area contributed by atoms with Crippen molar-refractivity contribution in [1.82, 2.24) is 0 Å². The van der Waals surface area contributed by atoms with Gasteiger partial charge in [0.1, 0.15) is 6.54 Å². The number of hydrogen-bond donors (Lipinski definition) is 1. The first-order valence-electron chi connectivity index (χ1n) is 7.78. The van der Waals surface area contributed by atoms with Crippen LogP contribution in [0.1, 0.15) is 0 Å². The zero-order chi connectivity index (χ0) is 19.3. The minimum atomic E-state index is -3.83. The van der Waals surface area contributed by atoms with Gasteiger partial charge in [0.25, 0.3) is 10.0 Å². The lowest BCUT2D eigenvalue weighted by Crippen LogP contribution is -2.35. The number of nitrogens with one attached hydrogen (secondary N) is 1. The van der Waals surface area contributed by atoms with Crippen molar-refractivity contribution in [3.8, 4) is 0 Å². The van der Waals surface area contributed by atoms with Crippen LogP contribution in [0.2, 0.25) is 15.1 Å². The molecule has 5 nitrogen and oxygen atoms in total. The molecule has 138 valence electrons. The summed E-state index contributed by atoms with van der Waals surface area (Å²) in [6.07, 6.45) is 0. The molecule has 27 heavy (non-hydrogen) atoms. The van der Waals surface area contributed by atoms with Gasteiger partial charge in [0.05, 0.1) is 26.3 Å². The molecule has 0 spiro atoms. The number of anilines is 2. The largest absolute Gasteiger partial charge is 0.322 e. The summed E-state index contributed by atoms with van der Waals surface area (Å²) in [6, 6.07) is 13.2. The minimum absolute atomic E-state index is 0.163. The Bertz CT molecular complexity index is 1180. The van der Waals surface area contributed by atoms with E-state index < -0.39 is 22.5 Å². The average Bonchev–Trinajstić information content (AvgIpc) is 2.82. The smallest absolute Gasteiger partial charge is 0.265 e. The van der Waals surface area contributed by atoms with Crippen molar-refractivity contribution in [2.45, 2.75) is 4.90 Å². The molecule has 0 aliphatic carbocycles. The van der Waals surface area contributed by atoms with E-state index in [0.29, 0.717) is 16.1 Å². The number of sulfonamides is 1. The molecule has 0 atom stereocenters. The number of benzene rings is 3. The topological polar surface area (TPSA) is 66.5 Å².